The minimum Gasteiger partial charge on any atom is -0.363 e. The van der Waals surface area contributed by atoms with E-state index in [1.54, 1.807) is 0 Å². The van der Waals surface area contributed by atoms with E-state index in [0.29, 0.717) is 32.2 Å². The van der Waals surface area contributed by atoms with Crippen LogP contribution in [-0.4, -0.2) is 47.7 Å². The number of sulfonamides is 1. The molecule has 1 aliphatic rings. The molecule has 1 unspecified atom stereocenters. The fourth-order valence-electron chi connectivity index (χ4n) is 3.67. The van der Waals surface area contributed by atoms with Gasteiger partial charge in [-0.2, -0.15) is 8.81 Å². The number of rotatable bonds is 7. The van der Waals surface area contributed by atoms with Gasteiger partial charge in [0.1, 0.15) is 10.7 Å². The van der Waals surface area contributed by atoms with Gasteiger partial charge in [0.05, 0.1) is 19.0 Å². The Kier molecular flexibility index (Phi) is 7.36. The maximum atomic E-state index is 11.8. The van der Waals surface area contributed by atoms with Gasteiger partial charge < -0.3 is 16.0 Å². The molecule has 34 heavy (non-hydrogen) atoms. The summed E-state index contributed by atoms with van der Waals surface area (Å²) in [6, 6.07) is 6.27. The monoisotopic (exact) mass is 522 g/mol. The number of hydrogen-bond acceptors (Lipinski definition) is 9. The van der Waals surface area contributed by atoms with Crippen LogP contribution >= 0.6 is 23.4 Å². The zero-order chi connectivity index (χ0) is 24.3. The molecule has 3 N–H and O–H groups in total. The van der Waals surface area contributed by atoms with Crippen LogP contribution in [0.3, 0.4) is 0 Å². The van der Waals surface area contributed by atoms with Gasteiger partial charge in [0.15, 0.2) is 11.6 Å². The predicted molar refractivity (Wildman–Crippen MR) is 134 cm³/mol. The number of benzene rings is 1. The van der Waals surface area contributed by atoms with E-state index in [0.717, 1.165) is 31.5 Å². The Morgan fingerprint density at radius 3 is 2.82 bits per heavy atom. The van der Waals surface area contributed by atoms with Crippen molar-refractivity contribution in [3.8, 4) is 0 Å². The van der Waals surface area contributed by atoms with Crippen molar-refractivity contribution < 1.29 is 8.42 Å². The van der Waals surface area contributed by atoms with Gasteiger partial charge in [-0.05, 0) is 42.1 Å². The molecule has 1 aromatic carbocycles. The molecule has 0 saturated carbocycles. The normalized spacial score (nSPS) is 15.8. The zero-order valence-corrected chi connectivity index (χ0v) is 20.9. The lowest BCUT2D eigenvalue weighted by Gasteiger charge is -2.16. The van der Waals surface area contributed by atoms with E-state index in [1.165, 1.54) is 29.7 Å². The summed E-state index contributed by atoms with van der Waals surface area (Å²) in [6.07, 6.45) is 6.21. The van der Waals surface area contributed by atoms with Crippen LogP contribution in [0.1, 0.15) is 29.7 Å². The van der Waals surface area contributed by atoms with E-state index < -0.39 is 10.0 Å². The summed E-state index contributed by atoms with van der Waals surface area (Å²) in [6.45, 7) is 4.21. The summed E-state index contributed by atoms with van der Waals surface area (Å²) >= 11 is 12.2. The quantitative estimate of drug-likeness (QED) is 0.400. The van der Waals surface area contributed by atoms with Crippen molar-refractivity contribution in [2.45, 2.75) is 25.8 Å². The van der Waals surface area contributed by atoms with Crippen molar-refractivity contribution in [3.05, 3.63) is 58.6 Å². The van der Waals surface area contributed by atoms with E-state index in [-0.39, 0.29) is 12.4 Å². The van der Waals surface area contributed by atoms with Crippen LogP contribution in [0.5, 0.6) is 0 Å². The van der Waals surface area contributed by atoms with Crippen molar-refractivity contribution in [1.29, 1.82) is 0 Å². The molecule has 3 aromatic rings. The summed E-state index contributed by atoms with van der Waals surface area (Å²) in [4.78, 5) is 16.9. The fourth-order valence-corrected chi connectivity index (χ4v) is 4.43. The SMILES string of the molecule is CC1CNCCc2cc(Nc3ncc(Cl)c(NCc4nccnc4N(Cl)S(C)(=O)=O)n3)ccc21. The highest BCUT2D eigenvalue weighted by Crippen LogP contribution is 2.28. The van der Waals surface area contributed by atoms with Crippen molar-refractivity contribution in [1.82, 2.24) is 25.3 Å². The summed E-state index contributed by atoms with van der Waals surface area (Å²) in [5.74, 6) is 1.16. The molecular formula is C21H24Cl2N8O2S. The molecule has 0 bridgehead atoms. The molecule has 4 rings (SSSR count). The summed E-state index contributed by atoms with van der Waals surface area (Å²) in [5, 5.41) is 10.0. The van der Waals surface area contributed by atoms with Crippen LogP contribution in [0.4, 0.5) is 23.3 Å². The van der Waals surface area contributed by atoms with E-state index in [2.05, 4.69) is 54.9 Å². The van der Waals surface area contributed by atoms with Crippen LogP contribution < -0.4 is 19.8 Å². The van der Waals surface area contributed by atoms with Gasteiger partial charge in [0.25, 0.3) is 0 Å². The molecule has 0 radical (unpaired) electrons. The molecule has 0 aliphatic carbocycles. The van der Waals surface area contributed by atoms with Crippen molar-refractivity contribution in [2.75, 3.05) is 33.8 Å². The fraction of sp³-hybridized carbons (Fsp3) is 0.333. The lowest BCUT2D eigenvalue weighted by Crippen LogP contribution is -2.22. The Morgan fingerprint density at radius 1 is 1.24 bits per heavy atom. The van der Waals surface area contributed by atoms with Gasteiger partial charge in [-0.1, -0.05) is 24.6 Å². The number of anilines is 4. The molecule has 10 nitrogen and oxygen atoms in total. The number of nitrogens with one attached hydrogen (secondary N) is 3. The topological polar surface area (TPSA) is 125 Å². The Labute approximate surface area is 208 Å². The highest BCUT2D eigenvalue weighted by Gasteiger charge is 2.21. The maximum absolute atomic E-state index is 11.8. The van der Waals surface area contributed by atoms with Gasteiger partial charge in [-0.15, -0.1) is 0 Å². The standard InChI is InChI=1S/C21H24Cl2N8O2S/c1-13-10-24-6-5-14-9-15(3-4-16(13)14)29-21-28-11-17(22)19(30-21)27-12-18-20(26-8-7-25-18)31(23)34(2,32)33/h3-4,7-9,11,13,24H,5-6,10,12H2,1-2H3,(H2,27,28,29,30). The molecule has 0 fully saturated rings. The Hall–Kier alpha value is -2.73. The second kappa shape index (κ2) is 10.3. The molecule has 1 aliphatic heterocycles. The smallest absolute Gasteiger partial charge is 0.247 e. The average molecular weight is 523 g/mol. The first-order valence-corrected chi connectivity index (χ1v) is 13.1. The Bertz CT molecular complexity index is 1290. The molecule has 0 saturated heterocycles. The number of nitrogens with zero attached hydrogens (tertiary/aromatic N) is 5. The molecule has 13 heteroatoms. The highest BCUT2D eigenvalue weighted by molar-refractivity contribution is 7.93. The van der Waals surface area contributed by atoms with Gasteiger partial charge in [-0.25, -0.2) is 18.4 Å². The van der Waals surface area contributed by atoms with Gasteiger partial charge in [0, 0.05) is 36.4 Å². The van der Waals surface area contributed by atoms with Crippen LogP contribution in [0.2, 0.25) is 5.02 Å². The van der Waals surface area contributed by atoms with Crippen LogP contribution in [0, 0.1) is 0 Å². The lowest BCUT2D eigenvalue weighted by molar-refractivity contribution is 0.603. The number of aromatic nitrogens is 4. The second-order valence-electron chi connectivity index (χ2n) is 7.94. The Balaban J connectivity index is 1.52. The third-order valence-corrected chi connectivity index (χ3v) is 7.27. The largest absolute Gasteiger partial charge is 0.363 e. The summed E-state index contributed by atoms with van der Waals surface area (Å²) in [7, 11) is -3.72. The molecule has 180 valence electrons. The van der Waals surface area contributed by atoms with Crippen LogP contribution in [-0.2, 0) is 23.0 Å². The summed E-state index contributed by atoms with van der Waals surface area (Å²) < 4.78 is 24.2. The van der Waals surface area contributed by atoms with Crippen molar-refractivity contribution >= 4 is 56.7 Å². The third-order valence-electron chi connectivity index (χ3n) is 5.33. The molecule has 2 aromatic heterocycles. The number of fused-ring (bicyclic) bond motifs is 1. The first-order chi connectivity index (χ1) is 16.2. The molecule has 0 amide bonds. The molecular weight excluding hydrogens is 499 g/mol. The van der Waals surface area contributed by atoms with Crippen LogP contribution in [0.15, 0.2) is 36.8 Å². The van der Waals surface area contributed by atoms with Crippen LogP contribution in [0.25, 0.3) is 0 Å². The first kappa shape index (κ1) is 24.4. The predicted octanol–water partition coefficient (Wildman–Crippen LogP) is 3.44. The van der Waals surface area contributed by atoms with E-state index in [1.807, 2.05) is 6.07 Å². The molecule has 0 spiro atoms. The zero-order valence-electron chi connectivity index (χ0n) is 18.6. The second-order valence-corrected chi connectivity index (χ2v) is 10.7. The third kappa shape index (κ3) is 5.66. The van der Waals surface area contributed by atoms with Crippen molar-refractivity contribution in [3.63, 3.8) is 0 Å². The first-order valence-electron chi connectivity index (χ1n) is 10.6. The highest BCUT2D eigenvalue weighted by atomic mass is 35.5. The Morgan fingerprint density at radius 2 is 2.03 bits per heavy atom. The van der Waals surface area contributed by atoms with Gasteiger partial charge in [0.2, 0.25) is 16.0 Å². The molecule has 1 atom stereocenters. The summed E-state index contributed by atoms with van der Waals surface area (Å²) in [5.41, 5.74) is 3.82. The minimum absolute atomic E-state index is 0.00334. The number of hydrogen-bond donors (Lipinski definition) is 3. The number of halogens is 2. The van der Waals surface area contributed by atoms with E-state index >= 15 is 0 Å². The lowest BCUT2D eigenvalue weighted by atomic mass is 9.95. The molecule has 3 heterocycles. The van der Waals surface area contributed by atoms with Gasteiger partial charge in [-0.3, -0.25) is 4.98 Å². The van der Waals surface area contributed by atoms with E-state index in [9.17, 15) is 8.42 Å². The maximum Gasteiger partial charge on any atom is 0.247 e. The van der Waals surface area contributed by atoms with Gasteiger partial charge >= 0.3 is 0 Å². The van der Waals surface area contributed by atoms with Crippen molar-refractivity contribution in [2.24, 2.45) is 0 Å². The average Bonchev–Trinajstić information content (AvgIpc) is 2.99. The minimum atomic E-state index is -3.72. The van der Waals surface area contributed by atoms with E-state index in [4.69, 9.17) is 23.4 Å².